The maximum absolute atomic E-state index is 12.9. The van der Waals surface area contributed by atoms with Crippen LogP contribution in [0.2, 0.25) is 0 Å². The lowest BCUT2D eigenvalue weighted by Gasteiger charge is -2.45. The minimum atomic E-state index is -0.959. The van der Waals surface area contributed by atoms with Crippen LogP contribution in [0, 0.1) is 5.41 Å². The summed E-state index contributed by atoms with van der Waals surface area (Å²) in [5, 5.41) is 13.2. The van der Waals surface area contributed by atoms with Crippen LogP contribution in [-0.2, 0) is 9.53 Å². The number of aromatic nitrogens is 2. The summed E-state index contributed by atoms with van der Waals surface area (Å²) in [4.78, 5) is 25.9. The van der Waals surface area contributed by atoms with Gasteiger partial charge in [-0.05, 0) is 32.1 Å². The molecule has 0 bridgehead atoms. The molecule has 1 N–H and O–H groups in total. The van der Waals surface area contributed by atoms with Crippen LogP contribution >= 0.6 is 0 Å². The maximum atomic E-state index is 12.9. The van der Waals surface area contributed by atoms with Gasteiger partial charge in [0.2, 0.25) is 5.91 Å². The van der Waals surface area contributed by atoms with Crippen molar-refractivity contribution in [1.29, 1.82) is 0 Å². The molecule has 132 valence electrons. The highest BCUT2D eigenvalue weighted by molar-refractivity contribution is 5.86. The first kappa shape index (κ1) is 17.0. The Balaban J connectivity index is 1.58. The molecule has 2 aliphatic rings. The molecule has 0 unspecified atom stereocenters. The van der Waals surface area contributed by atoms with Crippen LogP contribution in [0.15, 0.2) is 12.4 Å². The molecule has 7 heteroatoms. The maximum Gasteiger partial charge on any atom is 0.338 e. The van der Waals surface area contributed by atoms with Gasteiger partial charge in [-0.3, -0.25) is 9.48 Å². The number of carboxylic acid groups (broad SMARTS) is 1. The number of rotatable bonds is 6. The number of hydrogen-bond donors (Lipinski definition) is 1. The van der Waals surface area contributed by atoms with E-state index >= 15 is 0 Å². The Labute approximate surface area is 141 Å². The van der Waals surface area contributed by atoms with Crippen molar-refractivity contribution < 1.29 is 19.4 Å². The number of carbonyl (C=O) groups excluding carboxylic acids is 1. The average molecular weight is 335 g/mol. The highest BCUT2D eigenvalue weighted by atomic mass is 16.5. The van der Waals surface area contributed by atoms with Gasteiger partial charge in [0.05, 0.1) is 23.2 Å². The van der Waals surface area contributed by atoms with Crippen LogP contribution in [0.5, 0.6) is 0 Å². The number of ether oxygens (including phenoxy) is 1. The molecule has 24 heavy (non-hydrogen) atoms. The smallest absolute Gasteiger partial charge is 0.338 e. The van der Waals surface area contributed by atoms with Crippen molar-refractivity contribution in [2.24, 2.45) is 5.41 Å². The van der Waals surface area contributed by atoms with Gasteiger partial charge in [0.1, 0.15) is 0 Å². The molecule has 0 aromatic carbocycles. The zero-order valence-corrected chi connectivity index (χ0v) is 14.1. The van der Waals surface area contributed by atoms with Crippen LogP contribution in [-0.4, -0.2) is 58.5 Å². The average Bonchev–Trinajstić information content (AvgIpc) is 3.04. The number of carboxylic acids is 1. The number of piperidine rings is 1. The molecule has 1 saturated heterocycles. The van der Waals surface area contributed by atoms with Crippen molar-refractivity contribution in [2.75, 3.05) is 26.8 Å². The molecule has 0 radical (unpaired) electrons. The fourth-order valence-electron chi connectivity index (χ4n) is 3.79. The Morgan fingerprint density at radius 2 is 2.08 bits per heavy atom. The van der Waals surface area contributed by atoms with E-state index < -0.39 is 5.97 Å². The number of likely N-dealkylation sites (tertiary alicyclic amines) is 1. The molecule has 1 saturated carbocycles. The third kappa shape index (κ3) is 3.17. The monoisotopic (exact) mass is 335 g/mol. The number of amides is 1. The van der Waals surface area contributed by atoms with Gasteiger partial charge >= 0.3 is 5.97 Å². The Hall–Kier alpha value is -1.89. The van der Waals surface area contributed by atoms with E-state index in [1.54, 1.807) is 18.0 Å². The summed E-state index contributed by atoms with van der Waals surface area (Å²) in [6, 6.07) is 0.165. The van der Waals surface area contributed by atoms with Gasteiger partial charge in [-0.1, -0.05) is 6.42 Å². The van der Waals surface area contributed by atoms with Gasteiger partial charge in [0.25, 0.3) is 0 Å². The lowest BCUT2D eigenvalue weighted by molar-refractivity contribution is -0.150. The topological polar surface area (TPSA) is 84.7 Å². The summed E-state index contributed by atoms with van der Waals surface area (Å²) in [7, 11) is 1.68. The first-order chi connectivity index (χ1) is 11.6. The summed E-state index contributed by atoms with van der Waals surface area (Å²) >= 11 is 0. The molecule has 2 fully saturated rings. The van der Waals surface area contributed by atoms with E-state index in [2.05, 4.69) is 5.10 Å². The Morgan fingerprint density at radius 1 is 1.38 bits per heavy atom. The second-order valence-corrected chi connectivity index (χ2v) is 6.91. The Bertz CT molecular complexity index is 601. The quantitative estimate of drug-likeness (QED) is 0.859. The van der Waals surface area contributed by atoms with E-state index in [9.17, 15) is 9.59 Å². The predicted octanol–water partition coefficient (Wildman–Crippen LogP) is 1.95. The third-order valence-corrected chi connectivity index (χ3v) is 5.52. The van der Waals surface area contributed by atoms with Gasteiger partial charge in [0.15, 0.2) is 0 Å². The van der Waals surface area contributed by atoms with Crippen LogP contribution in [0.3, 0.4) is 0 Å². The van der Waals surface area contributed by atoms with E-state index in [1.165, 1.54) is 6.20 Å². The van der Waals surface area contributed by atoms with Gasteiger partial charge in [-0.2, -0.15) is 5.10 Å². The molecular formula is C17H25N3O4. The van der Waals surface area contributed by atoms with Crippen LogP contribution < -0.4 is 0 Å². The van der Waals surface area contributed by atoms with Gasteiger partial charge < -0.3 is 14.7 Å². The molecule has 0 spiro atoms. The van der Waals surface area contributed by atoms with Crippen LogP contribution in [0.1, 0.15) is 54.9 Å². The van der Waals surface area contributed by atoms with Crippen molar-refractivity contribution >= 4 is 11.9 Å². The van der Waals surface area contributed by atoms with E-state index in [0.29, 0.717) is 19.7 Å². The van der Waals surface area contributed by atoms with Gasteiger partial charge in [-0.25, -0.2) is 4.79 Å². The fraction of sp³-hybridized carbons (Fsp3) is 0.706. The van der Waals surface area contributed by atoms with Crippen LogP contribution in [0.25, 0.3) is 0 Å². The summed E-state index contributed by atoms with van der Waals surface area (Å²) in [6.07, 6.45) is 8.46. The van der Waals surface area contributed by atoms with Crippen molar-refractivity contribution in [3.8, 4) is 0 Å². The lowest BCUT2D eigenvalue weighted by Crippen LogP contribution is -2.51. The normalized spacial score (nSPS) is 20.6. The van der Waals surface area contributed by atoms with Crippen molar-refractivity contribution in [3.63, 3.8) is 0 Å². The number of aromatic carboxylic acids is 1. The van der Waals surface area contributed by atoms with Gasteiger partial charge in [-0.15, -0.1) is 0 Å². The first-order valence-corrected chi connectivity index (χ1v) is 8.61. The molecule has 3 rings (SSSR count). The van der Waals surface area contributed by atoms with E-state index in [0.717, 1.165) is 38.5 Å². The molecular weight excluding hydrogens is 310 g/mol. The SMILES string of the molecule is COCCC1(C(=O)N2CCC(n3cc(C(=O)O)cn3)CC2)CCC1. The number of hydrogen-bond acceptors (Lipinski definition) is 4. The molecule has 1 aromatic heterocycles. The fourth-order valence-corrected chi connectivity index (χ4v) is 3.79. The molecule has 7 nitrogen and oxygen atoms in total. The molecule has 1 aliphatic carbocycles. The highest BCUT2D eigenvalue weighted by Crippen LogP contribution is 2.46. The Morgan fingerprint density at radius 3 is 2.58 bits per heavy atom. The summed E-state index contributed by atoms with van der Waals surface area (Å²) < 4.78 is 6.91. The van der Waals surface area contributed by atoms with Crippen LogP contribution in [0.4, 0.5) is 0 Å². The van der Waals surface area contributed by atoms with Crippen molar-refractivity contribution in [2.45, 2.75) is 44.6 Å². The first-order valence-electron chi connectivity index (χ1n) is 8.61. The van der Waals surface area contributed by atoms with E-state index in [4.69, 9.17) is 9.84 Å². The summed E-state index contributed by atoms with van der Waals surface area (Å²) in [5.41, 5.74) is 0.00637. The number of nitrogens with zero attached hydrogens (tertiary/aromatic N) is 3. The van der Waals surface area contributed by atoms with Crippen molar-refractivity contribution in [3.05, 3.63) is 18.0 Å². The highest BCUT2D eigenvalue weighted by Gasteiger charge is 2.46. The largest absolute Gasteiger partial charge is 0.478 e. The minimum Gasteiger partial charge on any atom is -0.478 e. The third-order valence-electron chi connectivity index (χ3n) is 5.52. The van der Waals surface area contributed by atoms with E-state index in [1.807, 2.05) is 4.90 Å². The molecule has 0 atom stereocenters. The van der Waals surface area contributed by atoms with Crippen molar-refractivity contribution in [1.82, 2.24) is 14.7 Å². The number of methoxy groups -OCH3 is 1. The minimum absolute atomic E-state index is 0.165. The zero-order chi connectivity index (χ0) is 17.2. The molecule has 1 aliphatic heterocycles. The van der Waals surface area contributed by atoms with Gasteiger partial charge in [0, 0.05) is 33.0 Å². The zero-order valence-electron chi connectivity index (χ0n) is 14.1. The Kier molecular flexibility index (Phi) is 4.89. The predicted molar refractivity (Wildman–Crippen MR) is 86.8 cm³/mol. The molecule has 1 amide bonds. The van der Waals surface area contributed by atoms with E-state index in [-0.39, 0.29) is 22.9 Å². The summed E-state index contributed by atoms with van der Waals surface area (Å²) in [5.74, 6) is -0.685. The second kappa shape index (κ2) is 6.93. The molecule has 2 heterocycles. The second-order valence-electron chi connectivity index (χ2n) is 6.91. The standard InChI is InChI=1S/C17H25N3O4/c1-24-10-7-17(5-2-6-17)16(23)19-8-3-14(4-9-19)20-12-13(11-18-20)15(21)22/h11-12,14H,2-10H2,1H3,(H,21,22). The summed E-state index contributed by atoms with van der Waals surface area (Å²) in [6.45, 7) is 2.05. The number of carbonyl (C=O) groups is 2. The molecule has 1 aromatic rings. The lowest BCUT2D eigenvalue weighted by atomic mass is 9.65.